The highest BCUT2D eigenvalue weighted by molar-refractivity contribution is 5.69. The van der Waals surface area contributed by atoms with Gasteiger partial charge >= 0.3 is 0 Å². The van der Waals surface area contributed by atoms with Crippen LogP contribution in [-0.4, -0.2) is 4.98 Å². The minimum Gasteiger partial charge on any atom is -0.423 e. The van der Waals surface area contributed by atoms with E-state index in [2.05, 4.69) is 51.7 Å². The van der Waals surface area contributed by atoms with Crippen molar-refractivity contribution in [3.05, 3.63) is 34.5 Å². The fourth-order valence-corrected chi connectivity index (χ4v) is 2.46. The highest BCUT2D eigenvalue weighted by atomic mass is 16.4. The van der Waals surface area contributed by atoms with Crippen molar-refractivity contribution in [3.8, 4) is 11.3 Å². The van der Waals surface area contributed by atoms with E-state index in [9.17, 15) is 0 Å². The van der Waals surface area contributed by atoms with Gasteiger partial charge in [-0.15, -0.1) is 0 Å². The molecule has 0 atom stereocenters. The zero-order valence-electron chi connectivity index (χ0n) is 11.7. The summed E-state index contributed by atoms with van der Waals surface area (Å²) in [6.45, 7) is 10.5. The summed E-state index contributed by atoms with van der Waals surface area (Å²) in [5.41, 5.74) is 11.4. The Morgan fingerprint density at radius 1 is 1.11 bits per heavy atom. The number of hydrogen-bond acceptors (Lipinski definition) is 3. The number of rotatable bonds is 2. The molecule has 0 aliphatic rings. The number of anilines is 1. The summed E-state index contributed by atoms with van der Waals surface area (Å²) in [6, 6.07) is 4.56. The van der Waals surface area contributed by atoms with Gasteiger partial charge in [0.05, 0.1) is 5.69 Å². The molecule has 1 heterocycles. The van der Waals surface area contributed by atoms with Crippen molar-refractivity contribution in [3.63, 3.8) is 0 Å². The number of nitrogen functional groups attached to an aromatic ring is 1. The molecule has 2 rings (SSSR count). The number of aromatic nitrogens is 1. The highest BCUT2D eigenvalue weighted by Crippen LogP contribution is 2.35. The van der Waals surface area contributed by atoms with E-state index in [1.54, 1.807) is 0 Å². The first-order valence-corrected chi connectivity index (χ1v) is 6.24. The highest BCUT2D eigenvalue weighted by Gasteiger charge is 2.19. The molecule has 0 amide bonds. The number of aryl methyl sites for hydroxylation is 3. The Bertz CT molecular complexity index is 559. The Hall–Kier alpha value is -1.77. The van der Waals surface area contributed by atoms with Crippen molar-refractivity contribution in [2.45, 2.75) is 40.5 Å². The topological polar surface area (TPSA) is 52.0 Å². The average Bonchev–Trinajstić information content (AvgIpc) is 2.58. The fraction of sp³-hybridized carbons (Fsp3) is 0.400. The van der Waals surface area contributed by atoms with Crippen LogP contribution in [0.3, 0.4) is 0 Å². The summed E-state index contributed by atoms with van der Waals surface area (Å²) in [6.07, 6.45) is 0. The molecule has 0 bridgehead atoms. The van der Waals surface area contributed by atoms with E-state index in [1.807, 2.05) is 0 Å². The van der Waals surface area contributed by atoms with Crippen molar-refractivity contribution in [1.29, 1.82) is 0 Å². The van der Waals surface area contributed by atoms with Gasteiger partial charge < -0.3 is 10.2 Å². The molecule has 0 saturated carbocycles. The first-order valence-electron chi connectivity index (χ1n) is 6.24. The van der Waals surface area contributed by atoms with E-state index in [0.29, 0.717) is 5.92 Å². The van der Waals surface area contributed by atoms with Crippen LogP contribution in [0.2, 0.25) is 0 Å². The Morgan fingerprint density at radius 2 is 1.67 bits per heavy atom. The molecule has 0 spiro atoms. The molecule has 0 radical (unpaired) electrons. The van der Waals surface area contributed by atoms with E-state index < -0.39 is 0 Å². The molecule has 3 nitrogen and oxygen atoms in total. The lowest BCUT2D eigenvalue weighted by molar-refractivity contribution is 0.591. The van der Waals surface area contributed by atoms with Gasteiger partial charge in [0.2, 0.25) is 0 Å². The molecule has 0 fully saturated rings. The first kappa shape index (κ1) is 12.7. The van der Waals surface area contributed by atoms with Gasteiger partial charge in [0, 0.05) is 5.56 Å². The van der Waals surface area contributed by atoms with Gasteiger partial charge in [-0.1, -0.05) is 31.5 Å². The predicted octanol–water partition coefficient (Wildman–Crippen LogP) is 3.97. The van der Waals surface area contributed by atoms with Crippen molar-refractivity contribution < 1.29 is 4.42 Å². The van der Waals surface area contributed by atoms with E-state index in [0.717, 1.165) is 17.0 Å². The molecule has 2 N–H and O–H groups in total. The second kappa shape index (κ2) is 4.48. The zero-order valence-corrected chi connectivity index (χ0v) is 11.7. The first-order chi connectivity index (χ1) is 8.40. The molecule has 0 unspecified atom stereocenters. The van der Waals surface area contributed by atoms with Gasteiger partial charge in [0.1, 0.15) is 0 Å². The van der Waals surface area contributed by atoms with Crippen LogP contribution >= 0.6 is 0 Å². The maximum Gasteiger partial charge on any atom is 0.292 e. The normalized spacial score (nSPS) is 11.2. The van der Waals surface area contributed by atoms with Crippen LogP contribution < -0.4 is 5.73 Å². The molecule has 18 heavy (non-hydrogen) atoms. The molecule has 2 aromatic rings. The molecule has 3 heteroatoms. The number of nitrogens with two attached hydrogens (primary N) is 1. The smallest absolute Gasteiger partial charge is 0.292 e. The van der Waals surface area contributed by atoms with Crippen LogP contribution in [0.5, 0.6) is 0 Å². The lowest BCUT2D eigenvalue weighted by atomic mass is 9.95. The third-order valence-corrected chi connectivity index (χ3v) is 3.12. The van der Waals surface area contributed by atoms with Gasteiger partial charge in [0.25, 0.3) is 6.01 Å². The molecule has 0 aliphatic heterocycles. The third-order valence-electron chi connectivity index (χ3n) is 3.12. The van der Waals surface area contributed by atoms with Crippen LogP contribution in [-0.2, 0) is 0 Å². The molecular weight excluding hydrogens is 224 g/mol. The predicted molar refractivity (Wildman–Crippen MR) is 74.7 cm³/mol. The van der Waals surface area contributed by atoms with E-state index in [4.69, 9.17) is 10.2 Å². The zero-order chi connectivity index (χ0) is 13.4. The summed E-state index contributed by atoms with van der Waals surface area (Å²) in [7, 11) is 0. The Kier molecular flexibility index (Phi) is 3.16. The van der Waals surface area contributed by atoms with Crippen LogP contribution in [0.25, 0.3) is 11.3 Å². The van der Waals surface area contributed by atoms with Gasteiger partial charge in [0.15, 0.2) is 5.76 Å². The largest absolute Gasteiger partial charge is 0.423 e. The summed E-state index contributed by atoms with van der Waals surface area (Å²) in [5.74, 6) is 1.11. The average molecular weight is 244 g/mol. The summed E-state index contributed by atoms with van der Waals surface area (Å²) in [5, 5.41) is 0. The van der Waals surface area contributed by atoms with Crippen molar-refractivity contribution in [2.75, 3.05) is 5.73 Å². The number of oxazole rings is 1. The van der Waals surface area contributed by atoms with Crippen LogP contribution in [0.4, 0.5) is 6.01 Å². The number of nitrogens with zero attached hydrogens (tertiary/aromatic N) is 1. The third kappa shape index (κ3) is 2.13. The van der Waals surface area contributed by atoms with Gasteiger partial charge in [-0.2, -0.15) is 4.98 Å². The summed E-state index contributed by atoms with van der Waals surface area (Å²) >= 11 is 0. The number of hydrogen-bond donors (Lipinski definition) is 1. The quantitative estimate of drug-likeness (QED) is 0.869. The standard InChI is InChI=1S/C15H20N2O/c1-8(2)13-14(18-15(16)17-13)12-10(4)6-9(3)7-11(12)5/h6-8H,1-5H3,(H2,16,17). The van der Waals surface area contributed by atoms with Crippen molar-refractivity contribution in [2.24, 2.45) is 0 Å². The van der Waals surface area contributed by atoms with Crippen molar-refractivity contribution >= 4 is 6.01 Å². The maximum atomic E-state index is 5.71. The SMILES string of the molecule is Cc1cc(C)c(-c2oc(N)nc2C(C)C)c(C)c1. The minimum atomic E-state index is 0.244. The van der Waals surface area contributed by atoms with Crippen LogP contribution in [0, 0.1) is 20.8 Å². The number of benzene rings is 1. The Balaban J connectivity index is 2.69. The molecular formula is C15H20N2O. The van der Waals surface area contributed by atoms with E-state index in [-0.39, 0.29) is 6.01 Å². The maximum absolute atomic E-state index is 5.71. The second-order valence-electron chi connectivity index (χ2n) is 5.19. The van der Waals surface area contributed by atoms with Gasteiger partial charge in [-0.25, -0.2) is 0 Å². The summed E-state index contributed by atoms with van der Waals surface area (Å²) in [4.78, 5) is 4.30. The lowest BCUT2D eigenvalue weighted by Crippen LogP contribution is -1.95. The Labute approximate surface area is 108 Å². The summed E-state index contributed by atoms with van der Waals surface area (Å²) < 4.78 is 5.63. The van der Waals surface area contributed by atoms with Crippen LogP contribution in [0.1, 0.15) is 42.1 Å². The second-order valence-corrected chi connectivity index (χ2v) is 5.19. The monoisotopic (exact) mass is 244 g/mol. The van der Waals surface area contributed by atoms with Gasteiger partial charge in [-0.3, -0.25) is 0 Å². The molecule has 1 aromatic carbocycles. The molecule has 0 saturated heterocycles. The van der Waals surface area contributed by atoms with E-state index >= 15 is 0 Å². The van der Waals surface area contributed by atoms with Gasteiger partial charge in [-0.05, 0) is 37.8 Å². The molecule has 1 aromatic heterocycles. The molecule has 96 valence electrons. The minimum absolute atomic E-state index is 0.244. The Morgan fingerprint density at radius 3 is 2.17 bits per heavy atom. The molecule has 0 aliphatic carbocycles. The lowest BCUT2D eigenvalue weighted by Gasteiger charge is -2.11. The van der Waals surface area contributed by atoms with E-state index in [1.165, 1.54) is 16.7 Å². The fourth-order valence-electron chi connectivity index (χ4n) is 2.46. The van der Waals surface area contributed by atoms with Crippen molar-refractivity contribution in [1.82, 2.24) is 4.98 Å². The van der Waals surface area contributed by atoms with Crippen LogP contribution in [0.15, 0.2) is 16.5 Å².